The Morgan fingerprint density at radius 2 is 2.00 bits per heavy atom. The topological polar surface area (TPSA) is 30.5 Å². The maximum atomic E-state index is 5.91. The summed E-state index contributed by atoms with van der Waals surface area (Å²) in [5.41, 5.74) is 1.14. The molecule has 106 valence electrons. The van der Waals surface area contributed by atoms with E-state index in [2.05, 4.69) is 12.2 Å². The molecule has 1 N–H and O–H groups in total. The molecule has 1 heterocycles. The van der Waals surface area contributed by atoms with Crippen LogP contribution >= 0.6 is 11.6 Å². The highest BCUT2D eigenvalue weighted by atomic mass is 35.5. The van der Waals surface area contributed by atoms with Crippen molar-refractivity contribution < 1.29 is 9.47 Å². The Balaban J connectivity index is 1.62. The van der Waals surface area contributed by atoms with Crippen LogP contribution in [-0.2, 0) is 16.1 Å². The van der Waals surface area contributed by atoms with Gasteiger partial charge < -0.3 is 14.8 Å². The van der Waals surface area contributed by atoms with Gasteiger partial charge in [0, 0.05) is 11.6 Å². The number of hydrogen-bond donors (Lipinski definition) is 1. The first-order chi connectivity index (χ1) is 9.28. The van der Waals surface area contributed by atoms with Crippen molar-refractivity contribution >= 4 is 11.6 Å². The molecule has 1 fully saturated rings. The summed E-state index contributed by atoms with van der Waals surface area (Å²) in [6, 6.07) is 7.76. The highest BCUT2D eigenvalue weighted by Crippen LogP contribution is 2.20. The average Bonchev–Trinajstić information content (AvgIpc) is 2.87. The highest BCUT2D eigenvalue weighted by Gasteiger charge is 2.24. The summed E-state index contributed by atoms with van der Waals surface area (Å²) in [6.07, 6.45) is 2.82. The molecule has 1 aliphatic rings. The third-order valence-corrected chi connectivity index (χ3v) is 3.56. The van der Waals surface area contributed by atoms with Crippen molar-refractivity contribution in [3.8, 4) is 0 Å². The van der Waals surface area contributed by atoms with Crippen molar-refractivity contribution in [2.24, 2.45) is 0 Å². The molecule has 1 aromatic rings. The van der Waals surface area contributed by atoms with E-state index in [0.717, 1.165) is 36.5 Å². The molecule has 0 saturated carbocycles. The molecule has 0 aromatic heterocycles. The molecule has 0 spiro atoms. The average molecular weight is 284 g/mol. The third kappa shape index (κ3) is 5.11. The fourth-order valence-electron chi connectivity index (χ4n) is 2.25. The number of rotatable bonds is 7. The Morgan fingerprint density at radius 3 is 2.74 bits per heavy atom. The molecule has 1 saturated heterocycles. The first kappa shape index (κ1) is 14.8. The minimum atomic E-state index is 0.246. The molecule has 0 aliphatic carbocycles. The summed E-state index contributed by atoms with van der Waals surface area (Å²) in [7, 11) is 0. The first-order valence-corrected chi connectivity index (χ1v) is 7.34. The molecule has 3 nitrogen and oxygen atoms in total. The quantitative estimate of drug-likeness (QED) is 0.834. The van der Waals surface area contributed by atoms with Crippen LogP contribution in [0, 0.1) is 0 Å². The van der Waals surface area contributed by atoms with Crippen LogP contribution in [0.4, 0.5) is 0 Å². The van der Waals surface area contributed by atoms with Gasteiger partial charge in [-0.05, 0) is 37.1 Å². The minimum Gasteiger partial charge on any atom is -0.374 e. The lowest BCUT2D eigenvalue weighted by Gasteiger charge is -2.14. The maximum Gasteiger partial charge on any atom is 0.0814 e. The Morgan fingerprint density at radius 1 is 1.26 bits per heavy atom. The summed E-state index contributed by atoms with van der Waals surface area (Å²) in [5.74, 6) is 0. The van der Waals surface area contributed by atoms with Crippen molar-refractivity contribution in [2.75, 3.05) is 19.7 Å². The lowest BCUT2D eigenvalue weighted by Crippen LogP contribution is -2.27. The predicted octanol–water partition coefficient (Wildman–Crippen LogP) is 3.01. The Labute approximate surface area is 120 Å². The molecule has 1 aliphatic heterocycles. The van der Waals surface area contributed by atoms with E-state index in [4.69, 9.17) is 21.1 Å². The zero-order valence-corrected chi connectivity index (χ0v) is 12.2. The second kappa shape index (κ2) is 7.85. The Kier molecular flexibility index (Phi) is 6.11. The van der Waals surface area contributed by atoms with E-state index in [1.54, 1.807) is 0 Å². The number of likely N-dealkylation sites (N-methyl/N-ethyl adjacent to an activating group) is 1. The van der Waals surface area contributed by atoms with Crippen molar-refractivity contribution in [1.29, 1.82) is 0 Å². The van der Waals surface area contributed by atoms with Crippen LogP contribution in [0.1, 0.15) is 25.3 Å². The lowest BCUT2D eigenvalue weighted by molar-refractivity contribution is -0.0188. The van der Waals surface area contributed by atoms with Crippen LogP contribution in [0.15, 0.2) is 24.3 Å². The van der Waals surface area contributed by atoms with Crippen LogP contribution < -0.4 is 5.32 Å². The van der Waals surface area contributed by atoms with E-state index in [0.29, 0.717) is 19.3 Å². The summed E-state index contributed by atoms with van der Waals surface area (Å²) in [5, 5.41) is 4.08. The van der Waals surface area contributed by atoms with Gasteiger partial charge in [0.2, 0.25) is 0 Å². The molecule has 0 amide bonds. The van der Waals surface area contributed by atoms with E-state index >= 15 is 0 Å². The van der Waals surface area contributed by atoms with Crippen molar-refractivity contribution in [3.63, 3.8) is 0 Å². The van der Waals surface area contributed by atoms with Crippen LogP contribution in [0.25, 0.3) is 0 Å². The second-order valence-corrected chi connectivity index (χ2v) is 5.34. The standard InChI is InChI=1S/C15H22ClNO2/c1-2-17-9-14-7-8-15(19-14)11-18-10-12-3-5-13(16)6-4-12/h3-6,14-15,17H,2,7-11H2,1H3. The SMILES string of the molecule is CCNCC1CCC(COCc2ccc(Cl)cc2)O1. The van der Waals surface area contributed by atoms with Gasteiger partial charge in [0.1, 0.15) is 0 Å². The molecule has 0 bridgehead atoms. The molecule has 2 atom stereocenters. The van der Waals surface area contributed by atoms with E-state index in [1.165, 1.54) is 0 Å². The normalized spacial score (nSPS) is 22.8. The molecule has 2 rings (SSSR count). The van der Waals surface area contributed by atoms with Gasteiger partial charge in [0.15, 0.2) is 0 Å². The fourth-order valence-corrected chi connectivity index (χ4v) is 2.37. The summed E-state index contributed by atoms with van der Waals surface area (Å²) in [4.78, 5) is 0. The van der Waals surface area contributed by atoms with Crippen LogP contribution in [0.3, 0.4) is 0 Å². The number of benzene rings is 1. The summed E-state index contributed by atoms with van der Waals surface area (Å²) >= 11 is 5.84. The van der Waals surface area contributed by atoms with Gasteiger partial charge in [-0.15, -0.1) is 0 Å². The highest BCUT2D eigenvalue weighted by molar-refractivity contribution is 6.30. The van der Waals surface area contributed by atoms with Crippen LogP contribution in [0.2, 0.25) is 5.02 Å². The van der Waals surface area contributed by atoms with E-state index in [9.17, 15) is 0 Å². The lowest BCUT2D eigenvalue weighted by atomic mass is 10.2. The number of hydrogen-bond acceptors (Lipinski definition) is 3. The van der Waals surface area contributed by atoms with Crippen LogP contribution in [0.5, 0.6) is 0 Å². The molecular weight excluding hydrogens is 262 g/mol. The molecule has 2 unspecified atom stereocenters. The Hall–Kier alpha value is -0.610. The van der Waals surface area contributed by atoms with Gasteiger partial charge in [-0.1, -0.05) is 30.7 Å². The smallest absolute Gasteiger partial charge is 0.0814 e. The molecular formula is C15H22ClNO2. The molecule has 4 heteroatoms. The largest absolute Gasteiger partial charge is 0.374 e. The van der Waals surface area contributed by atoms with Gasteiger partial charge in [-0.25, -0.2) is 0 Å². The zero-order chi connectivity index (χ0) is 13.5. The van der Waals surface area contributed by atoms with Gasteiger partial charge in [-0.3, -0.25) is 0 Å². The summed E-state index contributed by atoms with van der Waals surface area (Å²) < 4.78 is 11.6. The van der Waals surface area contributed by atoms with E-state index in [-0.39, 0.29) is 6.10 Å². The molecule has 19 heavy (non-hydrogen) atoms. The monoisotopic (exact) mass is 283 g/mol. The molecule has 1 aromatic carbocycles. The number of halogens is 1. The zero-order valence-electron chi connectivity index (χ0n) is 11.4. The van der Waals surface area contributed by atoms with Crippen LogP contribution in [-0.4, -0.2) is 31.9 Å². The molecule has 0 radical (unpaired) electrons. The van der Waals surface area contributed by atoms with Gasteiger partial charge in [0.05, 0.1) is 25.4 Å². The van der Waals surface area contributed by atoms with E-state index < -0.39 is 0 Å². The van der Waals surface area contributed by atoms with Gasteiger partial charge >= 0.3 is 0 Å². The van der Waals surface area contributed by atoms with Crippen molar-refractivity contribution in [3.05, 3.63) is 34.9 Å². The van der Waals surface area contributed by atoms with Gasteiger partial charge in [-0.2, -0.15) is 0 Å². The predicted molar refractivity (Wildman–Crippen MR) is 77.5 cm³/mol. The van der Waals surface area contributed by atoms with Crippen molar-refractivity contribution in [1.82, 2.24) is 5.32 Å². The number of ether oxygens (including phenoxy) is 2. The van der Waals surface area contributed by atoms with Gasteiger partial charge in [0.25, 0.3) is 0 Å². The maximum absolute atomic E-state index is 5.91. The first-order valence-electron chi connectivity index (χ1n) is 6.96. The number of nitrogens with one attached hydrogen (secondary N) is 1. The summed E-state index contributed by atoms with van der Waals surface area (Å²) in [6.45, 7) is 5.35. The second-order valence-electron chi connectivity index (χ2n) is 4.91. The fraction of sp³-hybridized carbons (Fsp3) is 0.600. The van der Waals surface area contributed by atoms with Crippen molar-refractivity contribution in [2.45, 2.75) is 38.6 Å². The third-order valence-electron chi connectivity index (χ3n) is 3.30. The van der Waals surface area contributed by atoms with E-state index in [1.807, 2.05) is 24.3 Å². The Bertz CT molecular complexity index is 369. The minimum absolute atomic E-state index is 0.246.